The molecule has 1 atom stereocenters. The first kappa shape index (κ1) is 19.3. The quantitative estimate of drug-likeness (QED) is 0.761. The van der Waals surface area contributed by atoms with Crippen LogP contribution in [-0.4, -0.2) is 35.1 Å². The number of carbonyl (C=O) groups is 2. The summed E-state index contributed by atoms with van der Waals surface area (Å²) in [6.45, 7) is 10.9. The second kappa shape index (κ2) is 7.66. The summed E-state index contributed by atoms with van der Waals surface area (Å²) >= 11 is 0. The highest BCUT2D eigenvalue weighted by Crippen LogP contribution is 2.17. The van der Waals surface area contributed by atoms with E-state index in [1.54, 1.807) is 20.8 Å². The monoisotopic (exact) mass is 327 g/mol. The molecule has 1 unspecified atom stereocenters. The molecule has 0 bridgehead atoms. The highest BCUT2D eigenvalue weighted by atomic mass is 16.6. The summed E-state index contributed by atoms with van der Waals surface area (Å²) in [6.07, 6.45) is 2.15. The Balaban J connectivity index is 2.46. The predicted octanol–water partition coefficient (Wildman–Crippen LogP) is 3.33. The predicted molar refractivity (Wildman–Crippen MR) is 88.4 cm³/mol. The van der Waals surface area contributed by atoms with E-state index in [1.165, 1.54) is 0 Å². The molecule has 2 N–H and O–H groups in total. The lowest BCUT2D eigenvalue weighted by molar-refractivity contribution is 0.0494. The van der Waals surface area contributed by atoms with E-state index in [2.05, 4.69) is 15.8 Å². The summed E-state index contributed by atoms with van der Waals surface area (Å²) in [5.41, 5.74) is 2.16. The van der Waals surface area contributed by atoms with Gasteiger partial charge in [0, 0.05) is 18.2 Å². The summed E-state index contributed by atoms with van der Waals surface area (Å²) in [7, 11) is 0. The SMILES string of the molecule is CC(C)(C)OC(=O)NN=C1CCCC(NC(=O)OC(C)(C)C)C1. The van der Waals surface area contributed by atoms with Crippen LogP contribution in [0.15, 0.2) is 5.10 Å². The fourth-order valence-corrected chi connectivity index (χ4v) is 2.17. The summed E-state index contributed by atoms with van der Waals surface area (Å²) in [4.78, 5) is 23.4. The number of alkyl carbamates (subject to hydrolysis) is 1. The van der Waals surface area contributed by atoms with Gasteiger partial charge in [0.05, 0.1) is 0 Å². The fraction of sp³-hybridized carbons (Fsp3) is 0.812. The number of hydrogen-bond donors (Lipinski definition) is 2. The Labute approximate surface area is 138 Å². The number of nitrogens with one attached hydrogen (secondary N) is 2. The Morgan fingerprint density at radius 3 is 2.17 bits per heavy atom. The molecule has 0 aromatic rings. The van der Waals surface area contributed by atoms with Crippen LogP contribution in [0.3, 0.4) is 0 Å². The Bertz CT molecular complexity index is 461. The Morgan fingerprint density at radius 2 is 1.61 bits per heavy atom. The first-order valence-corrected chi connectivity index (χ1v) is 7.98. The van der Waals surface area contributed by atoms with E-state index in [9.17, 15) is 9.59 Å². The van der Waals surface area contributed by atoms with Crippen LogP contribution in [0.1, 0.15) is 67.2 Å². The third-order valence-electron chi connectivity index (χ3n) is 2.93. The minimum atomic E-state index is -0.577. The van der Waals surface area contributed by atoms with E-state index in [4.69, 9.17) is 9.47 Å². The lowest BCUT2D eigenvalue weighted by Gasteiger charge is -2.26. The Kier molecular flexibility index (Phi) is 6.41. The van der Waals surface area contributed by atoms with Crippen molar-refractivity contribution in [3.05, 3.63) is 0 Å². The second-order valence-corrected chi connectivity index (χ2v) is 7.73. The molecular formula is C16H29N3O4. The van der Waals surface area contributed by atoms with Gasteiger partial charge in [-0.2, -0.15) is 5.10 Å². The van der Waals surface area contributed by atoms with E-state index >= 15 is 0 Å². The first-order valence-electron chi connectivity index (χ1n) is 7.98. The maximum atomic E-state index is 11.8. The number of hydrogen-bond acceptors (Lipinski definition) is 5. The molecule has 0 radical (unpaired) electrons. The molecule has 0 spiro atoms. The molecule has 0 aliphatic heterocycles. The summed E-state index contributed by atoms with van der Waals surface area (Å²) < 4.78 is 10.4. The number of carbonyl (C=O) groups excluding carboxylic acids is 2. The van der Waals surface area contributed by atoms with Crippen LogP contribution in [0.2, 0.25) is 0 Å². The molecule has 0 saturated heterocycles. The number of nitrogens with zero attached hydrogens (tertiary/aromatic N) is 1. The van der Waals surface area contributed by atoms with Crippen molar-refractivity contribution in [3.63, 3.8) is 0 Å². The molecule has 1 aliphatic rings. The van der Waals surface area contributed by atoms with Crippen LogP contribution < -0.4 is 10.7 Å². The molecule has 0 heterocycles. The molecule has 1 aliphatic carbocycles. The summed E-state index contributed by atoms with van der Waals surface area (Å²) in [5, 5.41) is 6.94. The molecule has 7 heteroatoms. The minimum Gasteiger partial charge on any atom is -0.444 e. The van der Waals surface area contributed by atoms with Gasteiger partial charge in [0.1, 0.15) is 11.2 Å². The average Bonchev–Trinajstić information content (AvgIpc) is 2.32. The van der Waals surface area contributed by atoms with Gasteiger partial charge in [-0.3, -0.25) is 0 Å². The van der Waals surface area contributed by atoms with Crippen LogP contribution >= 0.6 is 0 Å². The highest BCUT2D eigenvalue weighted by molar-refractivity contribution is 5.87. The van der Waals surface area contributed by atoms with Gasteiger partial charge in [0.2, 0.25) is 0 Å². The standard InChI is InChI=1S/C16H29N3O4/c1-15(2,3)22-13(20)17-11-8-7-9-12(10-11)18-19-14(21)23-16(4,5)6/h11H,7-10H2,1-6H3,(H,17,20)(H,19,21). The molecule has 1 fully saturated rings. The van der Waals surface area contributed by atoms with Crippen molar-refractivity contribution >= 4 is 17.9 Å². The van der Waals surface area contributed by atoms with Crippen molar-refractivity contribution < 1.29 is 19.1 Å². The molecular weight excluding hydrogens is 298 g/mol. The van der Waals surface area contributed by atoms with E-state index < -0.39 is 23.4 Å². The lowest BCUT2D eigenvalue weighted by atomic mass is 9.94. The van der Waals surface area contributed by atoms with E-state index in [1.807, 2.05) is 20.8 Å². The molecule has 0 aromatic heterocycles. The minimum absolute atomic E-state index is 0.0298. The van der Waals surface area contributed by atoms with Gasteiger partial charge in [-0.05, 0) is 60.8 Å². The zero-order valence-corrected chi connectivity index (χ0v) is 15.0. The van der Waals surface area contributed by atoms with Crippen molar-refractivity contribution in [2.75, 3.05) is 0 Å². The molecule has 1 rings (SSSR count). The topological polar surface area (TPSA) is 89.0 Å². The van der Waals surface area contributed by atoms with E-state index in [0.717, 1.165) is 25.0 Å². The lowest BCUT2D eigenvalue weighted by Crippen LogP contribution is -2.42. The largest absolute Gasteiger partial charge is 0.444 e. The van der Waals surface area contributed by atoms with E-state index in [0.29, 0.717) is 6.42 Å². The van der Waals surface area contributed by atoms with Crippen LogP contribution in [0, 0.1) is 0 Å². The number of rotatable bonds is 2. The number of hydrazone groups is 1. The van der Waals surface area contributed by atoms with Gasteiger partial charge >= 0.3 is 12.2 Å². The van der Waals surface area contributed by atoms with Crippen LogP contribution in [-0.2, 0) is 9.47 Å². The van der Waals surface area contributed by atoms with E-state index in [-0.39, 0.29) is 6.04 Å². The smallest absolute Gasteiger partial charge is 0.428 e. The van der Waals surface area contributed by atoms with Gasteiger partial charge in [-0.15, -0.1) is 0 Å². The van der Waals surface area contributed by atoms with Gasteiger partial charge in [-0.1, -0.05) is 0 Å². The Hall–Kier alpha value is -1.79. The molecule has 0 aromatic carbocycles. The molecule has 132 valence electrons. The van der Waals surface area contributed by atoms with Crippen LogP contribution in [0.5, 0.6) is 0 Å². The molecule has 1 saturated carbocycles. The highest BCUT2D eigenvalue weighted by Gasteiger charge is 2.23. The zero-order valence-electron chi connectivity index (χ0n) is 15.0. The van der Waals surface area contributed by atoms with Crippen molar-refractivity contribution in [3.8, 4) is 0 Å². The third-order valence-corrected chi connectivity index (χ3v) is 2.93. The number of ether oxygens (including phenoxy) is 2. The van der Waals surface area contributed by atoms with Crippen molar-refractivity contribution in [2.45, 2.75) is 84.5 Å². The number of amides is 2. The molecule has 23 heavy (non-hydrogen) atoms. The van der Waals surface area contributed by atoms with Gasteiger partial charge in [0.25, 0.3) is 0 Å². The van der Waals surface area contributed by atoms with Crippen molar-refractivity contribution in [2.24, 2.45) is 5.10 Å². The third kappa shape index (κ3) is 9.05. The first-order chi connectivity index (χ1) is 10.4. The van der Waals surface area contributed by atoms with Gasteiger partial charge in [-0.25, -0.2) is 15.0 Å². The van der Waals surface area contributed by atoms with Crippen LogP contribution in [0.4, 0.5) is 9.59 Å². The fourth-order valence-electron chi connectivity index (χ4n) is 2.17. The summed E-state index contributed by atoms with van der Waals surface area (Å²) in [5.74, 6) is 0. The second-order valence-electron chi connectivity index (χ2n) is 7.73. The molecule has 2 amide bonds. The van der Waals surface area contributed by atoms with Crippen molar-refractivity contribution in [1.29, 1.82) is 0 Å². The average molecular weight is 327 g/mol. The maximum absolute atomic E-state index is 11.8. The molecule has 7 nitrogen and oxygen atoms in total. The Morgan fingerprint density at radius 1 is 1.04 bits per heavy atom. The van der Waals surface area contributed by atoms with Crippen molar-refractivity contribution in [1.82, 2.24) is 10.7 Å². The van der Waals surface area contributed by atoms with Gasteiger partial charge in [0.15, 0.2) is 0 Å². The maximum Gasteiger partial charge on any atom is 0.428 e. The normalized spacial score (nSPS) is 20.8. The van der Waals surface area contributed by atoms with Crippen LogP contribution in [0.25, 0.3) is 0 Å². The zero-order chi connectivity index (χ0) is 17.7. The van der Waals surface area contributed by atoms with Gasteiger partial charge < -0.3 is 14.8 Å². The summed E-state index contributed by atoms with van der Waals surface area (Å²) in [6, 6.07) is -0.0298.